The van der Waals surface area contributed by atoms with Crippen molar-refractivity contribution in [1.82, 2.24) is 5.32 Å². The molecule has 2 atom stereocenters. The Hall–Kier alpha value is -3.20. The Morgan fingerprint density at radius 3 is 2.42 bits per heavy atom. The number of carbonyl (C=O) groups excluding carboxylic acids is 2. The molecule has 2 aromatic rings. The van der Waals surface area contributed by atoms with Crippen molar-refractivity contribution in [1.29, 1.82) is 0 Å². The number of oxime groups is 1. The Morgan fingerprint density at radius 2 is 1.84 bits per heavy atom. The van der Waals surface area contributed by atoms with E-state index >= 15 is 0 Å². The van der Waals surface area contributed by atoms with Gasteiger partial charge in [0.25, 0.3) is 5.24 Å². The van der Waals surface area contributed by atoms with Gasteiger partial charge >= 0.3 is 0 Å². The van der Waals surface area contributed by atoms with Crippen LogP contribution in [0.25, 0.3) is 0 Å². The zero-order valence-electron chi connectivity index (χ0n) is 22.8. The summed E-state index contributed by atoms with van der Waals surface area (Å²) in [7, 11) is 0. The van der Waals surface area contributed by atoms with Crippen LogP contribution < -0.4 is 14.8 Å². The second-order valence-corrected chi connectivity index (χ2v) is 13.5. The first-order valence-electron chi connectivity index (χ1n) is 12.7. The zero-order valence-corrected chi connectivity index (χ0v) is 23.6. The number of phenolic OH excluding ortho intramolecular Hbond substituents is 1. The molecule has 2 unspecified atom stereocenters. The molecular weight excluding hydrogens is 504 g/mol. The van der Waals surface area contributed by atoms with E-state index in [1.165, 1.54) is 0 Å². The van der Waals surface area contributed by atoms with Crippen LogP contribution in [0.2, 0.25) is 0 Å². The second kappa shape index (κ2) is 10.2. The van der Waals surface area contributed by atoms with Gasteiger partial charge in [-0.25, -0.2) is 0 Å². The summed E-state index contributed by atoms with van der Waals surface area (Å²) in [4.78, 5) is 23.2. The van der Waals surface area contributed by atoms with Crippen LogP contribution in [0.3, 0.4) is 0 Å². The first-order valence-corrected chi connectivity index (χ1v) is 13.6. The number of amides is 2. The van der Waals surface area contributed by atoms with Gasteiger partial charge in [0.1, 0.15) is 29.5 Å². The fourth-order valence-corrected chi connectivity index (χ4v) is 6.32. The number of rotatable bonds is 7. The highest BCUT2D eigenvalue weighted by molar-refractivity contribution is 8.15. The van der Waals surface area contributed by atoms with Gasteiger partial charge in [0.15, 0.2) is 0 Å². The molecule has 8 nitrogen and oxygen atoms in total. The highest BCUT2D eigenvalue weighted by Gasteiger charge is 2.39. The predicted octanol–water partition coefficient (Wildman–Crippen LogP) is 5.80. The molecule has 1 fully saturated rings. The van der Waals surface area contributed by atoms with Crippen molar-refractivity contribution >= 4 is 28.6 Å². The Morgan fingerprint density at radius 1 is 1.16 bits per heavy atom. The number of aromatic hydroxyl groups is 1. The summed E-state index contributed by atoms with van der Waals surface area (Å²) in [5, 5.41) is 25.7. The molecule has 1 saturated heterocycles. The highest BCUT2D eigenvalue weighted by atomic mass is 32.2. The highest BCUT2D eigenvalue weighted by Crippen LogP contribution is 2.45. The Balaban J connectivity index is 1.49. The third kappa shape index (κ3) is 6.26. The summed E-state index contributed by atoms with van der Waals surface area (Å²) in [6.07, 6.45) is 1.60. The molecule has 204 valence electrons. The Bertz CT molecular complexity index is 1270. The third-order valence-electron chi connectivity index (χ3n) is 6.78. The molecule has 0 radical (unpaired) electrons. The lowest BCUT2D eigenvalue weighted by molar-refractivity contribution is -0.118. The van der Waals surface area contributed by atoms with E-state index in [4.69, 9.17) is 9.47 Å². The minimum absolute atomic E-state index is 0.0576. The monoisotopic (exact) mass is 540 g/mol. The van der Waals surface area contributed by atoms with Crippen molar-refractivity contribution in [2.24, 2.45) is 10.6 Å². The van der Waals surface area contributed by atoms with Crippen LogP contribution in [-0.4, -0.2) is 44.6 Å². The molecule has 0 aliphatic carbocycles. The molecule has 2 amide bonds. The number of hydrogen-bond donors (Lipinski definition) is 3. The minimum Gasteiger partial charge on any atom is -0.508 e. The van der Waals surface area contributed by atoms with Crippen molar-refractivity contribution in [2.75, 3.05) is 6.61 Å². The summed E-state index contributed by atoms with van der Waals surface area (Å²) in [5.74, 6) is 1.06. The van der Waals surface area contributed by atoms with E-state index in [0.29, 0.717) is 35.6 Å². The number of benzene rings is 2. The van der Waals surface area contributed by atoms with Gasteiger partial charge in [0.2, 0.25) is 5.91 Å². The van der Waals surface area contributed by atoms with Crippen molar-refractivity contribution in [2.45, 2.75) is 77.1 Å². The summed E-state index contributed by atoms with van der Waals surface area (Å²) < 4.78 is 12.5. The number of thioether (sulfide) groups is 1. The third-order valence-corrected chi connectivity index (χ3v) is 7.77. The summed E-state index contributed by atoms with van der Waals surface area (Å²) in [6, 6.07) is 10.9. The number of imide groups is 1. The number of nitrogens with one attached hydrogen (secondary N) is 1. The molecule has 38 heavy (non-hydrogen) atoms. The number of nitrogens with zero attached hydrogens (tertiary/aromatic N) is 1. The number of fused-ring (bicyclic) bond motifs is 1. The zero-order chi connectivity index (χ0) is 27.9. The van der Waals surface area contributed by atoms with E-state index in [9.17, 15) is 19.9 Å². The fourth-order valence-electron chi connectivity index (χ4n) is 5.46. The minimum atomic E-state index is -0.811. The van der Waals surface area contributed by atoms with Crippen LogP contribution in [0, 0.1) is 5.41 Å². The standard InChI is InChI=1S/C29H36N2O6S/c1-27(2,3)15-28(4,5)20-13-23-19(12-22(20)32)21(31-35)14-29(6,37-23)16-36-18-9-7-17(8-10-18)11-24-25(33)30-26(34)38-24/h7-10,12-13,24,32,35H,11,14-16H2,1-6H3,(H,30,33,34)/b31-21+. The maximum atomic E-state index is 11.8. The normalized spacial score (nSPS) is 22.7. The average molecular weight is 541 g/mol. The van der Waals surface area contributed by atoms with Crippen LogP contribution in [-0.2, 0) is 16.6 Å². The molecule has 2 aliphatic rings. The maximum Gasteiger partial charge on any atom is 0.286 e. The SMILES string of the molecule is CC(C)(C)CC(C)(C)c1cc2c(cc1O)/C(=N/O)CC(C)(COc1ccc(CC3SC(=O)NC3=O)cc1)O2. The van der Waals surface area contributed by atoms with E-state index in [-0.39, 0.29) is 34.3 Å². The Labute approximate surface area is 227 Å². The molecule has 3 N–H and O–H groups in total. The van der Waals surface area contributed by atoms with E-state index in [0.717, 1.165) is 29.3 Å². The fraction of sp³-hybridized carbons (Fsp3) is 0.483. The van der Waals surface area contributed by atoms with Gasteiger partial charge in [-0.2, -0.15) is 0 Å². The first kappa shape index (κ1) is 27.8. The quantitative estimate of drug-likeness (QED) is 0.300. The molecular formula is C29H36N2O6S. The lowest BCUT2D eigenvalue weighted by Crippen LogP contribution is -2.44. The average Bonchev–Trinajstić information content (AvgIpc) is 3.13. The van der Waals surface area contributed by atoms with E-state index in [1.807, 2.05) is 37.3 Å². The van der Waals surface area contributed by atoms with Gasteiger partial charge in [-0.3, -0.25) is 14.9 Å². The van der Waals surface area contributed by atoms with E-state index in [2.05, 4.69) is 45.1 Å². The number of ether oxygens (including phenoxy) is 2. The molecule has 0 bridgehead atoms. The first-order chi connectivity index (χ1) is 17.7. The molecule has 2 aliphatic heterocycles. The van der Waals surface area contributed by atoms with E-state index < -0.39 is 10.9 Å². The van der Waals surface area contributed by atoms with Gasteiger partial charge < -0.3 is 19.8 Å². The number of carbonyl (C=O) groups is 2. The van der Waals surface area contributed by atoms with Gasteiger partial charge in [-0.1, -0.05) is 63.7 Å². The van der Waals surface area contributed by atoms with Crippen LogP contribution in [0.1, 0.15) is 71.1 Å². The van der Waals surface area contributed by atoms with Crippen LogP contribution >= 0.6 is 11.8 Å². The van der Waals surface area contributed by atoms with Crippen molar-refractivity contribution < 1.29 is 29.4 Å². The maximum absolute atomic E-state index is 11.8. The van der Waals surface area contributed by atoms with Crippen LogP contribution in [0.15, 0.2) is 41.6 Å². The number of phenols is 1. The lowest BCUT2D eigenvalue weighted by Gasteiger charge is -2.38. The summed E-state index contributed by atoms with van der Waals surface area (Å²) >= 11 is 1.01. The van der Waals surface area contributed by atoms with E-state index in [1.54, 1.807) is 6.07 Å². The van der Waals surface area contributed by atoms with Crippen LogP contribution in [0.4, 0.5) is 4.79 Å². The molecule has 0 saturated carbocycles. The molecule has 4 rings (SSSR count). The summed E-state index contributed by atoms with van der Waals surface area (Å²) in [5.41, 5.74) is 1.62. The molecule has 9 heteroatoms. The van der Waals surface area contributed by atoms with Crippen LogP contribution in [0.5, 0.6) is 17.2 Å². The lowest BCUT2D eigenvalue weighted by atomic mass is 9.71. The molecule has 2 heterocycles. The topological polar surface area (TPSA) is 117 Å². The van der Waals surface area contributed by atoms with Gasteiger partial charge in [-0.05, 0) is 60.4 Å². The Kier molecular flexibility index (Phi) is 7.45. The van der Waals surface area contributed by atoms with Gasteiger partial charge in [0, 0.05) is 17.5 Å². The number of hydrogen-bond acceptors (Lipinski definition) is 8. The second-order valence-electron chi connectivity index (χ2n) is 12.3. The van der Waals surface area contributed by atoms with Gasteiger partial charge in [0.05, 0.1) is 11.0 Å². The molecule has 0 spiro atoms. The van der Waals surface area contributed by atoms with Crippen molar-refractivity contribution in [3.8, 4) is 17.2 Å². The summed E-state index contributed by atoms with van der Waals surface area (Å²) in [6.45, 7) is 12.8. The molecule has 2 aromatic carbocycles. The van der Waals surface area contributed by atoms with Gasteiger partial charge in [-0.15, -0.1) is 0 Å². The van der Waals surface area contributed by atoms with Crippen molar-refractivity contribution in [3.63, 3.8) is 0 Å². The van der Waals surface area contributed by atoms with Crippen molar-refractivity contribution in [3.05, 3.63) is 53.1 Å². The predicted molar refractivity (Wildman–Crippen MR) is 148 cm³/mol. The smallest absolute Gasteiger partial charge is 0.286 e. The molecule has 0 aromatic heterocycles. The largest absolute Gasteiger partial charge is 0.508 e.